The Bertz CT molecular complexity index is 1180. The predicted molar refractivity (Wildman–Crippen MR) is 123 cm³/mol. The van der Waals surface area contributed by atoms with Gasteiger partial charge in [0, 0.05) is 23.5 Å². The zero-order chi connectivity index (χ0) is 23.5. The molecule has 3 rings (SSSR count). The van der Waals surface area contributed by atoms with E-state index in [0.29, 0.717) is 5.56 Å². The summed E-state index contributed by atoms with van der Waals surface area (Å²) < 4.78 is 30.3. The van der Waals surface area contributed by atoms with Crippen LogP contribution in [-0.4, -0.2) is 31.3 Å². The zero-order valence-electron chi connectivity index (χ0n) is 18.2. The van der Waals surface area contributed by atoms with Crippen LogP contribution in [0.2, 0.25) is 5.02 Å². The molecule has 1 aromatic carbocycles. The highest BCUT2D eigenvalue weighted by Crippen LogP contribution is 2.24. The van der Waals surface area contributed by atoms with Gasteiger partial charge in [-0.25, -0.2) is 18.4 Å². The number of rotatable bonds is 8. The van der Waals surface area contributed by atoms with Crippen molar-refractivity contribution in [3.8, 4) is 0 Å². The van der Waals surface area contributed by atoms with E-state index >= 15 is 0 Å². The first kappa shape index (κ1) is 24.2. The number of sulfonamides is 1. The van der Waals surface area contributed by atoms with Crippen LogP contribution in [0, 0.1) is 13.8 Å². The van der Waals surface area contributed by atoms with Crippen LogP contribution >= 0.6 is 11.6 Å². The van der Waals surface area contributed by atoms with E-state index in [-0.39, 0.29) is 21.3 Å². The highest BCUT2D eigenvalue weighted by molar-refractivity contribution is 7.89. The molecule has 1 aliphatic rings. The number of nitrogens with zero attached hydrogens (tertiary/aromatic N) is 1. The summed E-state index contributed by atoms with van der Waals surface area (Å²) in [6.07, 6.45) is 8.03. The average molecular weight is 479 g/mol. The molecule has 2 N–H and O–H groups in total. The first-order valence-electron chi connectivity index (χ1n) is 10.4. The van der Waals surface area contributed by atoms with Crippen LogP contribution < -0.4 is 5.14 Å². The van der Waals surface area contributed by atoms with E-state index in [9.17, 15) is 18.0 Å². The third-order valence-electron chi connectivity index (χ3n) is 5.74. The van der Waals surface area contributed by atoms with Crippen molar-refractivity contribution in [1.82, 2.24) is 4.57 Å². The molecular formula is C23H27ClN2O5S. The molecule has 0 saturated carbocycles. The summed E-state index contributed by atoms with van der Waals surface area (Å²) in [5, 5.41) is 5.10. The summed E-state index contributed by atoms with van der Waals surface area (Å²) in [6.45, 7) is 4.14. The van der Waals surface area contributed by atoms with Gasteiger partial charge in [-0.1, -0.05) is 23.3 Å². The van der Waals surface area contributed by atoms with Crippen LogP contribution in [0.3, 0.4) is 0 Å². The van der Waals surface area contributed by atoms with Crippen LogP contribution in [0.15, 0.2) is 40.8 Å². The molecule has 0 atom stereocenters. The smallest absolute Gasteiger partial charge is 0.340 e. The van der Waals surface area contributed by atoms with Crippen molar-refractivity contribution < 1.29 is 22.7 Å². The van der Waals surface area contributed by atoms with Crippen LogP contribution in [0.5, 0.6) is 0 Å². The first-order valence-corrected chi connectivity index (χ1v) is 12.4. The van der Waals surface area contributed by atoms with Crippen LogP contribution in [0.25, 0.3) is 0 Å². The molecule has 9 heteroatoms. The van der Waals surface area contributed by atoms with Gasteiger partial charge < -0.3 is 9.30 Å². The van der Waals surface area contributed by atoms with Gasteiger partial charge >= 0.3 is 5.97 Å². The lowest BCUT2D eigenvalue weighted by Gasteiger charge is -2.15. The van der Waals surface area contributed by atoms with Gasteiger partial charge in [-0.2, -0.15) is 0 Å². The number of nitrogens with two attached hydrogens (primary N) is 1. The largest absolute Gasteiger partial charge is 0.454 e. The number of benzene rings is 1. The number of carbonyl (C=O) groups is 2. The Morgan fingerprint density at radius 3 is 2.56 bits per heavy atom. The number of aromatic nitrogens is 1. The van der Waals surface area contributed by atoms with E-state index in [4.69, 9.17) is 21.5 Å². The van der Waals surface area contributed by atoms with E-state index < -0.39 is 22.6 Å². The second kappa shape index (κ2) is 10.0. The number of esters is 1. The molecule has 0 radical (unpaired) electrons. The van der Waals surface area contributed by atoms with Gasteiger partial charge in [0.2, 0.25) is 15.8 Å². The lowest BCUT2D eigenvalue weighted by Crippen LogP contribution is -2.17. The number of carbonyl (C=O) groups excluding carboxylic acids is 2. The normalized spacial score (nSPS) is 14.2. The fraction of sp³-hybridized carbons (Fsp3) is 0.391. The summed E-state index contributed by atoms with van der Waals surface area (Å²) in [4.78, 5) is 24.9. The summed E-state index contributed by atoms with van der Waals surface area (Å²) in [6, 6.07) is 5.28. The van der Waals surface area contributed by atoms with Crippen molar-refractivity contribution in [1.29, 1.82) is 0 Å². The monoisotopic (exact) mass is 478 g/mol. The van der Waals surface area contributed by atoms with Crippen molar-refractivity contribution in [3.05, 3.63) is 63.5 Å². The summed E-state index contributed by atoms with van der Waals surface area (Å²) in [5.41, 5.74) is 3.59. The van der Waals surface area contributed by atoms with Gasteiger partial charge in [0.1, 0.15) is 0 Å². The van der Waals surface area contributed by atoms with Crippen molar-refractivity contribution in [3.63, 3.8) is 0 Å². The molecule has 0 bridgehead atoms. The number of halogens is 1. The maximum atomic E-state index is 12.7. The second-order valence-electron chi connectivity index (χ2n) is 7.98. The van der Waals surface area contributed by atoms with E-state index in [1.54, 1.807) is 6.07 Å². The Balaban J connectivity index is 1.67. The molecule has 172 valence electrons. The van der Waals surface area contributed by atoms with Crippen LogP contribution in [-0.2, 0) is 21.3 Å². The zero-order valence-corrected chi connectivity index (χ0v) is 19.8. The highest BCUT2D eigenvalue weighted by atomic mass is 35.5. The highest BCUT2D eigenvalue weighted by Gasteiger charge is 2.21. The summed E-state index contributed by atoms with van der Waals surface area (Å²) in [7, 11) is -4.01. The number of Topliss-reactive ketones (excluding diaryl/α,β-unsaturated/α-hetero) is 1. The van der Waals surface area contributed by atoms with E-state index in [0.717, 1.165) is 43.3 Å². The minimum atomic E-state index is -4.01. The molecule has 0 spiro atoms. The Morgan fingerprint density at radius 2 is 1.91 bits per heavy atom. The van der Waals surface area contributed by atoms with Crippen molar-refractivity contribution >= 4 is 33.4 Å². The Hall–Kier alpha value is -2.42. The number of allylic oxidation sites excluding steroid dienone is 2. The molecule has 1 aromatic heterocycles. The minimum Gasteiger partial charge on any atom is -0.454 e. The molecule has 7 nitrogen and oxygen atoms in total. The molecule has 1 aliphatic carbocycles. The van der Waals surface area contributed by atoms with Gasteiger partial charge in [-0.3, -0.25) is 4.79 Å². The van der Waals surface area contributed by atoms with Crippen molar-refractivity contribution in [2.24, 2.45) is 5.14 Å². The molecule has 0 unspecified atom stereocenters. The van der Waals surface area contributed by atoms with Gasteiger partial charge in [0.15, 0.2) is 6.61 Å². The van der Waals surface area contributed by atoms with Gasteiger partial charge in [0.25, 0.3) is 0 Å². The third kappa shape index (κ3) is 5.68. The fourth-order valence-electron chi connectivity index (χ4n) is 3.94. The van der Waals surface area contributed by atoms with Crippen molar-refractivity contribution in [2.45, 2.75) is 57.4 Å². The molecule has 32 heavy (non-hydrogen) atoms. The molecule has 1 heterocycles. The molecule has 2 aromatic rings. The lowest BCUT2D eigenvalue weighted by molar-refractivity contribution is 0.0474. The van der Waals surface area contributed by atoms with E-state index in [2.05, 4.69) is 10.6 Å². The Kier molecular flexibility index (Phi) is 7.59. The van der Waals surface area contributed by atoms with Gasteiger partial charge in [0.05, 0.1) is 15.5 Å². The number of hydrogen-bond acceptors (Lipinski definition) is 5. The molecular weight excluding hydrogens is 452 g/mol. The molecule has 0 fully saturated rings. The van der Waals surface area contributed by atoms with Gasteiger partial charge in [-0.05, 0) is 70.2 Å². The van der Waals surface area contributed by atoms with E-state index in [1.165, 1.54) is 30.5 Å². The van der Waals surface area contributed by atoms with Crippen molar-refractivity contribution in [2.75, 3.05) is 6.61 Å². The predicted octanol–water partition coefficient (Wildman–Crippen LogP) is 4.34. The van der Waals surface area contributed by atoms with Gasteiger partial charge in [-0.15, -0.1) is 0 Å². The third-order valence-corrected chi connectivity index (χ3v) is 6.98. The maximum Gasteiger partial charge on any atom is 0.340 e. The average Bonchev–Trinajstić information content (AvgIpc) is 3.04. The number of ketones is 1. The SMILES string of the molecule is Cc1cc(C(=O)COC(=O)c2cc(S(N)(=O)=O)ccc2Cl)c(C)n1CCC1=CCCCC1. The minimum absolute atomic E-state index is 0.00467. The number of aryl methyl sites for hydroxylation is 1. The summed E-state index contributed by atoms with van der Waals surface area (Å²) >= 11 is 5.99. The number of primary sulfonamides is 1. The lowest BCUT2D eigenvalue weighted by atomic mass is 9.97. The first-order chi connectivity index (χ1) is 15.1. The quantitative estimate of drug-likeness (QED) is 0.345. The Labute approximate surface area is 193 Å². The standard InChI is InChI=1S/C23H27ClN2O5S/c1-15-12-19(16(2)26(15)11-10-17-6-4-3-5-7-17)22(27)14-31-23(28)20-13-18(32(25,29)30)8-9-21(20)24/h6,8-9,12-13H,3-5,7,10-11,14H2,1-2H3,(H2,25,29,30). The van der Waals surface area contributed by atoms with Crippen LogP contribution in [0.4, 0.5) is 0 Å². The van der Waals surface area contributed by atoms with E-state index in [1.807, 2.05) is 13.8 Å². The fourth-order valence-corrected chi connectivity index (χ4v) is 4.67. The molecule has 0 saturated heterocycles. The molecule has 0 aliphatic heterocycles. The Morgan fingerprint density at radius 1 is 1.16 bits per heavy atom. The number of hydrogen-bond donors (Lipinski definition) is 1. The van der Waals surface area contributed by atoms with Crippen LogP contribution in [0.1, 0.15) is 64.2 Å². The number of ether oxygens (including phenoxy) is 1. The second-order valence-corrected chi connectivity index (χ2v) is 9.95. The maximum absolute atomic E-state index is 12.7. The summed E-state index contributed by atoms with van der Waals surface area (Å²) in [5.74, 6) is -1.24. The molecule has 0 amide bonds. The topological polar surface area (TPSA) is 108 Å².